The predicted molar refractivity (Wildman–Crippen MR) is 98.8 cm³/mol. The lowest BCUT2D eigenvalue weighted by Gasteiger charge is -2.29. The van der Waals surface area contributed by atoms with Gasteiger partial charge in [0.1, 0.15) is 6.54 Å². The fourth-order valence-electron chi connectivity index (χ4n) is 2.72. The summed E-state index contributed by atoms with van der Waals surface area (Å²) in [6, 6.07) is 3.22. The highest BCUT2D eigenvalue weighted by Gasteiger charge is 2.49. The van der Waals surface area contributed by atoms with E-state index in [1.165, 1.54) is 6.92 Å². The first-order valence-electron chi connectivity index (χ1n) is 9.19. The number of primary amides is 1. The highest BCUT2D eigenvalue weighted by Crippen LogP contribution is 2.20. The van der Waals surface area contributed by atoms with Gasteiger partial charge in [0.15, 0.2) is 12.4 Å². The molecule has 0 aromatic carbocycles. The van der Waals surface area contributed by atoms with E-state index in [9.17, 15) is 19.2 Å². The van der Waals surface area contributed by atoms with E-state index in [2.05, 4.69) is 5.32 Å². The van der Waals surface area contributed by atoms with E-state index in [1.54, 1.807) is 38.4 Å². The third-order valence-electron chi connectivity index (χ3n) is 4.03. The number of nitrogens with zero attached hydrogens (tertiary/aromatic N) is 1. The average Bonchev–Trinajstić information content (AvgIpc) is 2.64. The van der Waals surface area contributed by atoms with Crippen LogP contribution in [0, 0.1) is 0 Å². The summed E-state index contributed by atoms with van der Waals surface area (Å²) in [5.74, 6) is -2.70. The fourth-order valence-corrected chi connectivity index (χ4v) is 2.72. The van der Waals surface area contributed by atoms with Crippen LogP contribution in [0.15, 0.2) is 24.5 Å². The Bertz CT molecular complexity index is 690. The quantitative estimate of drug-likeness (QED) is 0.107. The highest BCUT2D eigenvalue weighted by atomic mass is 127. The molecule has 0 bridgehead atoms. The molecule has 0 aliphatic rings. The zero-order valence-corrected chi connectivity index (χ0v) is 19.1. The van der Waals surface area contributed by atoms with Gasteiger partial charge in [0.05, 0.1) is 18.8 Å². The van der Waals surface area contributed by atoms with E-state index >= 15 is 0 Å². The van der Waals surface area contributed by atoms with Crippen LogP contribution in [0.3, 0.4) is 0 Å². The van der Waals surface area contributed by atoms with Crippen molar-refractivity contribution in [2.45, 2.75) is 52.1 Å². The number of carbonyl (C=O) groups excluding carboxylic acids is 4. The summed E-state index contributed by atoms with van der Waals surface area (Å²) < 4.78 is 11.9. The highest BCUT2D eigenvalue weighted by molar-refractivity contribution is 6.07. The van der Waals surface area contributed by atoms with E-state index < -0.39 is 29.3 Å². The van der Waals surface area contributed by atoms with Crippen molar-refractivity contribution in [3.05, 3.63) is 30.1 Å². The van der Waals surface area contributed by atoms with Gasteiger partial charge in [-0.3, -0.25) is 9.59 Å². The Labute approximate surface area is 187 Å². The fraction of sp³-hybridized carbons (Fsp3) is 0.526. The van der Waals surface area contributed by atoms with Gasteiger partial charge >= 0.3 is 11.9 Å². The van der Waals surface area contributed by atoms with Gasteiger partial charge in [-0.2, -0.15) is 0 Å². The third-order valence-corrected chi connectivity index (χ3v) is 4.03. The van der Waals surface area contributed by atoms with Crippen molar-refractivity contribution in [3.63, 3.8) is 0 Å². The first-order valence-corrected chi connectivity index (χ1v) is 9.19. The topological polar surface area (TPSA) is 129 Å². The number of pyridine rings is 1. The summed E-state index contributed by atoms with van der Waals surface area (Å²) in [5.41, 5.74) is 3.75. The van der Waals surface area contributed by atoms with Crippen LogP contribution in [0.4, 0.5) is 0 Å². The largest absolute Gasteiger partial charge is 1.00 e. The zero-order valence-electron chi connectivity index (χ0n) is 16.9. The Hall–Kier alpha value is -2.24. The molecule has 9 nitrogen and oxygen atoms in total. The molecular formula is C19H28IN3O6. The number of rotatable bonds is 11. The van der Waals surface area contributed by atoms with Crippen molar-refractivity contribution in [1.29, 1.82) is 0 Å². The molecule has 0 saturated heterocycles. The number of ether oxygens (including phenoxy) is 2. The maximum absolute atomic E-state index is 12.5. The maximum Gasteiger partial charge on any atom is 0.343 e. The second-order valence-corrected chi connectivity index (χ2v) is 6.17. The lowest BCUT2D eigenvalue weighted by molar-refractivity contribution is -0.697. The van der Waals surface area contributed by atoms with E-state index in [0.717, 1.165) is 0 Å². The van der Waals surface area contributed by atoms with Crippen molar-refractivity contribution < 1.29 is 57.2 Å². The second-order valence-electron chi connectivity index (χ2n) is 6.17. The van der Waals surface area contributed by atoms with Crippen molar-refractivity contribution in [2.75, 3.05) is 13.2 Å². The Morgan fingerprint density at radius 2 is 1.55 bits per heavy atom. The molecule has 2 amide bonds. The Kier molecular flexibility index (Phi) is 12.1. The van der Waals surface area contributed by atoms with Crippen molar-refractivity contribution >= 4 is 23.8 Å². The molecule has 1 heterocycles. The number of carbonyl (C=O) groups is 4. The molecule has 162 valence electrons. The molecule has 0 fully saturated rings. The Morgan fingerprint density at radius 1 is 1.03 bits per heavy atom. The molecule has 1 aromatic rings. The molecule has 0 spiro atoms. The van der Waals surface area contributed by atoms with Gasteiger partial charge in [-0.1, -0.05) is 0 Å². The van der Waals surface area contributed by atoms with Crippen LogP contribution in [0.5, 0.6) is 0 Å². The van der Waals surface area contributed by atoms with Crippen LogP contribution in [-0.4, -0.2) is 42.5 Å². The monoisotopic (exact) mass is 521 g/mol. The SMILES string of the molecule is CCOC(=O)C(CCCC[n+]1ccc(C(N)=O)cc1)(NC(C)=O)C(=O)OCC.[I-]. The number of nitrogens with two attached hydrogens (primary N) is 1. The minimum Gasteiger partial charge on any atom is -1.00 e. The van der Waals surface area contributed by atoms with Gasteiger partial charge in [0.25, 0.3) is 0 Å². The normalized spacial score (nSPS) is 10.4. The molecule has 0 atom stereocenters. The Morgan fingerprint density at radius 3 is 1.97 bits per heavy atom. The summed E-state index contributed by atoms with van der Waals surface area (Å²) >= 11 is 0. The standard InChI is InChI=1S/C19H27N3O6.HI/c1-4-27-17(25)19(21-14(3)23,18(26)28-5-2)10-6-7-11-22-12-8-15(9-13-22)16(20)24;/h8-9,12-13H,4-7,10-11H2,1-3H3,(H2-,20,21,23,24);1H. The number of hydrogen-bond acceptors (Lipinski definition) is 6. The van der Waals surface area contributed by atoms with Crippen LogP contribution in [0.2, 0.25) is 0 Å². The number of nitrogens with one attached hydrogen (secondary N) is 1. The molecule has 1 rings (SSSR count). The summed E-state index contributed by atoms with van der Waals surface area (Å²) in [6.45, 7) is 5.19. The molecule has 0 unspecified atom stereocenters. The van der Waals surface area contributed by atoms with Crippen molar-refractivity contribution in [1.82, 2.24) is 5.32 Å². The van der Waals surface area contributed by atoms with Crippen LogP contribution in [-0.2, 0) is 30.4 Å². The van der Waals surface area contributed by atoms with Gasteiger partial charge < -0.3 is 44.5 Å². The van der Waals surface area contributed by atoms with Crippen LogP contribution in [0.1, 0.15) is 50.4 Å². The molecule has 0 radical (unpaired) electrons. The summed E-state index contributed by atoms with van der Waals surface area (Å²) in [7, 11) is 0. The van der Waals surface area contributed by atoms with Gasteiger partial charge in [-0.25, -0.2) is 14.2 Å². The second kappa shape index (κ2) is 13.1. The number of unbranched alkanes of at least 4 members (excludes halogenated alkanes) is 1. The van der Waals surface area contributed by atoms with E-state index in [-0.39, 0.29) is 43.6 Å². The number of aromatic nitrogens is 1. The molecule has 1 aromatic heterocycles. The summed E-state index contributed by atoms with van der Waals surface area (Å²) in [6.07, 6.45) is 4.54. The summed E-state index contributed by atoms with van der Waals surface area (Å²) in [5, 5.41) is 2.43. The molecule has 29 heavy (non-hydrogen) atoms. The maximum atomic E-state index is 12.5. The molecule has 0 aliphatic carbocycles. The van der Waals surface area contributed by atoms with Gasteiger partial charge in [0, 0.05) is 25.5 Å². The van der Waals surface area contributed by atoms with Crippen LogP contribution >= 0.6 is 0 Å². The number of aryl methyl sites for hydroxylation is 1. The predicted octanol–water partition coefficient (Wildman–Crippen LogP) is -2.75. The van der Waals surface area contributed by atoms with E-state index in [1.807, 2.05) is 4.57 Å². The molecular weight excluding hydrogens is 493 g/mol. The lowest BCUT2D eigenvalue weighted by atomic mass is 9.92. The first kappa shape index (κ1) is 26.8. The lowest BCUT2D eigenvalue weighted by Crippen LogP contribution is -3.00. The third kappa shape index (κ3) is 7.95. The number of hydrogen-bond donors (Lipinski definition) is 2. The van der Waals surface area contributed by atoms with E-state index in [4.69, 9.17) is 15.2 Å². The van der Waals surface area contributed by atoms with Gasteiger partial charge in [-0.05, 0) is 26.7 Å². The molecule has 10 heteroatoms. The van der Waals surface area contributed by atoms with E-state index in [0.29, 0.717) is 24.9 Å². The van der Waals surface area contributed by atoms with Crippen LogP contribution < -0.4 is 39.6 Å². The minimum atomic E-state index is -1.86. The molecule has 3 N–H and O–H groups in total. The van der Waals surface area contributed by atoms with Gasteiger partial charge in [-0.15, -0.1) is 0 Å². The minimum absolute atomic E-state index is 0. The average molecular weight is 521 g/mol. The number of amides is 2. The first-order chi connectivity index (χ1) is 13.3. The van der Waals surface area contributed by atoms with Crippen molar-refractivity contribution in [3.8, 4) is 0 Å². The number of esters is 2. The molecule has 0 saturated carbocycles. The van der Waals surface area contributed by atoms with Crippen LogP contribution in [0.25, 0.3) is 0 Å². The van der Waals surface area contributed by atoms with Crippen molar-refractivity contribution in [2.24, 2.45) is 5.73 Å². The molecule has 0 aliphatic heterocycles. The smallest absolute Gasteiger partial charge is 0.343 e. The summed E-state index contributed by atoms with van der Waals surface area (Å²) in [4.78, 5) is 47.7. The zero-order chi connectivity index (χ0) is 21.2. The number of halogens is 1. The van der Waals surface area contributed by atoms with Gasteiger partial charge in [0.2, 0.25) is 17.4 Å². The Balaban J connectivity index is 0.00000784.